The molecule has 1 saturated carbocycles. The molecule has 3 N–H and O–H groups in total. The highest BCUT2D eigenvalue weighted by Crippen LogP contribution is 2.37. The molecule has 1 fully saturated rings. The Morgan fingerprint density at radius 3 is 2.44 bits per heavy atom. The third kappa shape index (κ3) is 2.70. The fraction of sp³-hybridized carbons (Fsp3) is 0.500. The Morgan fingerprint density at radius 2 is 1.89 bits per heavy atom. The number of halogens is 1. The molecule has 0 saturated heterocycles. The quantitative estimate of drug-likeness (QED) is 0.858. The first-order valence-electron chi connectivity index (χ1n) is 6.39. The van der Waals surface area contributed by atoms with Crippen molar-refractivity contribution in [2.45, 2.75) is 32.2 Å². The van der Waals surface area contributed by atoms with Crippen LogP contribution >= 0.6 is 0 Å². The van der Waals surface area contributed by atoms with Crippen LogP contribution in [0.1, 0.15) is 31.2 Å². The summed E-state index contributed by atoms with van der Waals surface area (Å²) in [5, 5.41) is 2.91. The minimum Gasteiger partial charge on any atom is -0.352 e. The van der Waals surface area contributed by atoms with Crippen molar-refractivity contribution in [3.63, 3.8) is 0 Å². The minimum atomic E-state index is -0.375. The number of carbonyl (C=O) groups is 1. The van der Waals surface area contributed by atoms with E-state index >= 15 is 0 Å². The Morgan fingerprint density at radius 1 is 1.28 bits per heavy atom. The summed E-state index contributed by atoms with van der Waals surface area (Å²) >= 11 is 0. The summed E-state index contributed by atoms with van der Waals surface area (Å²) in [4.78, 5) is 12.2. The summed E-state index contributed by atoms with van der Waals surface area (Å²) in [7, 11) is 0. The van der Waals surface area contributed by atoms with E-state index in [1.54, 1.807) is 12.1 Å². The number of hydrogen-bond donors (Lipinski definition) is 2. The molecule has 1 amide bonds. The molecule has 0 radical (unpaired) electrons. The predicted molar refractivity (Wildman–Crippen MR) is 68.2 cm³/mol. The minimum absolute atomic E-state index is 0.0341. The zero-order valence-electron chi connectivity index (χ0n) is 10.4. The lowest BCUT2D eigenvalue weighted by atomic mass is 9.85. The van der Waals surface area contributed by atoms with Crippen molar-refractivity contribution in [3.8, 4) is 0 Å². The van der Waals surface area contributed by atoms with E-state index in [4.69, 9.17) is 5.73 Å². The molecule has 1 aromatic rings. The predicted octanol–water partition coefficient (Wildman–Crippen LogP) is 1.96. The Balaban J connectivity index is 1.93. The highest BCUT2D eigenvalue weighted by Gasteiger charge is 2.39. The number of hydrogen-bond acceptors (Lipinski definition) is 2. The van der Waals surface area contributed by atoms with Crippen molar-refractivity contribution in [2.75, 3.05) is 6.54 Å². The molecule has 0 atom stereocenters. The number of amides is 1. The van der Waals surface area contributed by atoms with Crippen LogP contribution in [0.2, 0.25) is 0 Å². The van der Waals surface area contributed by atoms with E-state index in [9.17, 15) is 9.18 Å². The van der Waals surface area contributed by atoms with E-state index in [2.05, 4.69) is 5.32 Å². The lowest BCUT2D eigenvalue weighted by Gasteiger charge is -2.25. The summed E-state index contributed by atoms with van der Waals surface area (Å²) in [6, 6.07) is 6.16. The van der Waals surface area contributed by atoms with Crippen LogP contribution in [0.5, 0.6) is 0 Å². The van der Waals surface area contributed by atoms with Gasteiger partial charge in [0.05, 0.1) is 5.41 Å². The van der Waals surface area contributed by atoms with Gasteiger partial charge < -0.3 is 11.1 Å². The van der Waals surface area contributed by atoms with Crippen molar-refractivity contribution in [1.82, 2.24) is 5.32 Å². The maximum Gasteiger partial charge on any atom is 0.227 e. The van der Waals surface area contributed by atoms with Gasteiger partial charge in [0.15, 0.2) is 0 Å². The molecule has 0 unspecified atom stereocenters. The van der Waals surface area contributed by atoms with Crippen LogP contribution in [0.25, 0.3) is 0 Å². The molecule has 0 heterocycles. The zero-order valence-corrected chi connectivity index (χ0v) is 10.4. The normalized spacial score (nSPS) is 17.7. The fourth-order valence-corrected chi connectivity index (χ4v) is 2.55. The molecule has 2 rings (SSSR count). The SMILES string of the molecule is NCC1(C(=O)NCc2ccc(F)cc2)CCCC1. The second-order valence-corrected chi connectivity index (χ2v) is 5.00. The van der Waals surface area contributed by atoms with Crippen molar-refractivity contribution < 1.29 is 9.18 Å². The van der Waals surface area contributed by atoms with E-state index in [0.717, 1.165) is 31.2 Å². The molecule has 18 heavy (non-hydrogen) atoms. The average molecular weight is 250 g/mol. The third-order valence-electron chi connectivity index (χ3n) is 3.80. The number of nitrogens with one attached hydrogen (secondary N) is 1. The van der Waals surface area contributed by atoms with Gasteiger partial charge >= 0.3 is 0 Å². The van der Waals surface area contributed by atoms with Crippen LogP contribution in [0.4, 0.5) is 4.39 Å². The number of benzene rings is 1. The molecule has 0 bridgehead atoms. The molecule has 3 nitrogen and oxygen atoms in total. The number of nitrogens with two attached hydrogens (primary N) is 1. The van der Waals surface area contributed by atoms with Crippen LogP contribution in [-0.4, -0.2) is 12.5 Å². The third-order valence-corrected chi connectivity index (χ3v) is 3.80. The lowest BCUT2D eigenvalue weighted by Crippen LogP contribution is -2.43. The molecule has 1 aliphatic rings. The van der Waals surface area contributed by atoms with Gasteiger partial charge in [-0.05, 0) is 30.5 Å². The fourth-order valence-electron chi connectivity index (χ4n) is 2.55. The molecule has 4 heteroatoms. The second-order valence-electron chi connectivity index (χ2n) is 5.00. The smallest absolute Gasteiger partial charge is 0.227 e. The summed E-state index contributed by atoms with van der Waals surface area (Å²) in [5.74, 6) is -0.230. The van der Waals surface area contributed by atoms with Gasteiger partial charge in [-0.15, -0.1) is 0 Å². The van der Waals surface area contributed by atoms with Gasteiger partial charge in [-0.3, -0.25) is 4.79 Å². The van der Waals surface area contributed by atoms with Crippen molar-refractivity contribution in [1.29, 1.82) is 0 Å². The van der Waals surface area contributed by atoms with Gasteiger partial charge in [-0.2, -0.15) is 0 Å². The molecular formula is C14H19FN2O. The average Bonchev–Trinajstić information content (AvgIpc) is 2.88. The molecule has 0 aromatic heterocycles. The summed E-state index contributed by atoms with van der Waals surface area (Å²) < 4.78 is 12.7. The van der Waals surface area contributed by atoms with Crippen molar-refractivity contribution in [2.24, 2.45) is 11.1 Å². The van der Waals surface area contributed by atoms with Crippen LogP contribution in [0, 0.1) is 11.2 Å². The first kappa shape index (κ1) is 13.0. The van der Waals surface area contributed by atoms with Gasteiger partial charge in [-0.1, -0.05) is 25.0 Å². The van der Waals surface area contributed by atoms with Gasteiger partial charge in [0, 0.05) is 13.1 Å². The Hall–Kier alpha value is -1.42. The summed E-state index contributed by atoms with van der Waals surface area (Å²) in [6.45, 7) is 0.836. The summed E-state index contributed by atoms with van der Waals surface area (Å²) in [5.41, 5.74) is 6.27. The van der Waals surface area contributed by atoms with E-state index in [1.165, 1.54) is 12.1 Å². The van der Waals surface area contributed by atoms with Crippen molar-refractivity contribution >= 4 is 5.91 Å². The Labute approximate surface area is 107 Å². The second kappa shape index (κ2) is 5.48. The zero-order chi connectivity index (χ0) is 13.0. The number of carbonyl (C=O) groups excluding carboxylic acids is 1. The molecule has 0 aliphatic heterocycles. The number of rotatable bonds is 4. The first-order chi connectivity index (χ1) is 8.66. The van der Waals surface area contributed by atoms with Gasteiger partial charge in [-0.25, -0.2) is 4.39 Å². The van der Waals surface area contributed by atoms with Crippen LogP contribution < -0.4 is 11.1 Å². The van der Waals surface area contributed by atoms with E-state index in [-0.39, 0.29) is 17.1 Å². The Bertz CT molecular complexity index is 410. The molecule has 1 aliphatic carbocycles. The summed E-state index contributed by atoms with van der Waals surface area (Å²) in [6.07, 6.45) is 3.89. The topological polar surface area (TPSA) is 55.1 Å². The first-order valence-corrected chi connectivity index (χ1v) is 6.39. The van der Waals surface area contributed by atoms with Gasteiger partial charge in [0.1, 0.15) is 5.82 Å². The van der Waals surface area contributed by atoms with Crippen LogP contribution in [-0.2, 0) is 11.3 Å². The molecule has 0 spiro atoms. The van der Waals surface area contributed by atoms with Crippen molar-refractivity contribution in [3.05, 3.63) is 35.6 Å². The van der Waals surface area contributed by atoms with Gasteiger partial charge in [0.25, 0.3) is 0 Å². The van der Waals surface area contributed by atoms with E-state index < -0.39 is 0 Å². The monoisotopic (exact) mass is 250 g/mol. The lowest BCUT2D eigenvalue weighted by molar-refractivity contribution is -0.130. The molecule has 1 aromatic carbocycles. The van der Waals surface area contributed by atoms with E-state index in [1.807, 2.05) is 0 Å². The van der Waals surface area contributed by atoms with Crippen LogP contribution in [0.3, 0.4) is 0 Å². The van der Waals surface area contributed by atoms with Crippen LogP contribution in [0.15, 0.2) is 24.3 Å². The highest BCUT2D eigenvalue weighted by molar-refractivity contribution is 5.83. The highest BCUT2D eigenvalue weighted by atomic mass is 19.1. The maximum absolute atomic E-state index is 12.7. The Kier molecular flexibility index (Phi) is 3.97. The maximum atomic E-state index is 12.7. The molecule has 98 valence electrons. The molecular weight excluding hydrogens is 231 g/mol. The van der Waals surface area contributed by atoms with Gasteiger partial charge in [0.2, 0.25) is 5.91 Å². The standard InChI is InChI=1S/C14H19FN2O/c15-12-5-3-11(4-6-12)9-17-13(18)14(10-16)7-1-2-8-14/h3-6H,1-2,7-10,16H2,(H,17,18). The van der Waals surface area contributed by atoms with E-state index in [0.29, 0.717) is 13.1 Å². The largest absolute Gasteiger partial charge is 0.352 e.